The van der Waals surface area contributed by atoms with E-state index in [4.69, 9.17) is 4.74 Å². The van der Waals surface area contributed by atoms with Crippen LogP contribution in [0.25, 0.3) is 11.1 Å². The average molecular weight is 465 g/mol. The van der Waals surface area contributed by atoms with Gasteiger partial charge in [0.15, 0.2) is 0 Å². The maximum Gasteiger partial charge on any atom is 0.408 e. The van der Waals surface area contributed by atoms with Crippen molar-refractivity contribution in [2.75, 3.05) is 6.61 Å². The second kappa shape index (κ2) is 9.87. The number of alkyl carbamates (subject to hydrolysis) is 1. The number of ether oxygens (including phenoxy) is 1. The predicted octanol–water partition coefficient (Wildman–Crippen LogP) is 4.45. The second-order valence-corrected chi connectivity index (χ2v) is 9.73. The first-order valence-electron chi connectivity index (χ1n) is 12.0. The Hall–Kier alpha value is -3.35. The third-order valence-corrected chi connectivity index (χ3v) is 6.89. The van der Waals surface area contributed by atoms with E-state index in [0.717, 1.165) is 35.1 Å². The van der Waals surface area contributed by atoms with Gasteiger partial charge >= 0.3 is 12.1 Å². The van der Waals surface area contributed by atoms with Crippen LogP contribution in [0, 0.1) is 5.92 Å². The molecule has 0 radical (unpaired) electrons. The number of amides is 2. The van der Waals surface area contributed by atoms with Crippen molar-refractivity contribution in [1.82, 2.24) is 10.6 Å². The highest BCUT2D eigenvalue weighted by Gasteiger charge is 2.44. The van der Waals surface area contributed by atoms with E-state index in [-0.39, 0.29) is 18.4 Å². The van der Waals surface area contributed by atoms with E-state index in [9.17, 15) is 19.5 Å². The lowest BCUT2D eigenvalue weighted by Crippen LogP contribution is -2.60. The maximum absolute atomic E-state index is 13.1. The molecule has 2 aliphatic rings. The number of benzene rings is 2. The van der Waals surface area contributed by atoms with Gasteiger partial charge in [0, 0.05) is 5.92 Å². The Morgan fingerprint density at radius 2 is 1.56 bits per heavy atom. The molecule has 0 aromatic heterocycles. The Kier molecular flexibility index (Phi) is 6.91. The highest BCUT2D eigenvalue weighted by molar-refractivity contribution is 5.93. The molecule has 0 saturated heterocycles. The molecule has 0 heterocycles. The Morgan fingerprint density at radius 1 is 1.00 bits per heavy atom. The summed E-state index contributed by atoms with van der Waals surface area (Å²) in [6.07, 6.45) is 2.13. The summed E-state index contributed by atoms with van der Waals surface area (Å²) in [6.45, 7) is 3.97. The van der Waals surface area contributed by atoms with Crippen LogP contribution in [0.4, 0.5) is 4.79 Å². The van der Waals surface area contributed by atoms with Crippen LogP contribution in [-0.4, -0.2) is 41.3 Å². The molecule has 2 aromatic rings. The number of carbonyl (C=O) groups excluding carboxylic acids is 2. The van der Waals surface area contributed by atoms with Gasteiger partial charge in [-0.15, -0.1) is 0 Å². The van der Waals surface area contributed by atoms with Crippen LogP contribution in [0.2, 0.25) is 0 Å². The zero-order valence-electron chi connectivity index (χ0n) is 19.7. The first kappa shape index (κ1) is 23.8. The molecule has 1 saturated carbocycles. The van der Waals surface area contributed by atoms with Crippen molar-refractivity contribution in [2.24, 2.45) is 5.92 Å². The largest absolute Gasteiger partial charge is 0.480 e. The Balaban J connectivity index is 1.44. The number of rotatable bonds is 8. The van der Waals surface area contributed by atoms with Gasteiger partial charge in [-0.25, -0.2) is 9.59 Å². The summed E-state index contributed by atoms with van der Waals surface area (Å²) in [7, 11) is 0. The molecule has 2 amide bonds. The molecule has 0 bridgehead atoms. The Morgan fingerprint density at radius 3 is 2.09 bits per heavy atom. The summed E-state index contributed by atoms with van der Waals surface area (Å²) < 4.78 is 5.65. The van der Waals surface area contributed by atoms with Crippen molar-refractivity contribution in [3.63, 3.8) is 0 Å². The number of hydrogen-bond donors (Lipinski definition) is 3. The van der Waals surface area contributed by atoms with Gasteiger partial charge in [0.1, 0.15) is 18.2 Å². The van der Waals surface area contributed by atoms with Crippen LogP contribution < -0.4 is 10.6 Å². The highest BCUT2D eigenvalue weighted by Crippen LogP contribution is 2.44. The third kappa shape index (κ3) is 4.79. The molecule has 1 atom stereocenters. The number of aliphatic carboxylic acids is 1. The molecule has 180 valence electrons. The summed E-state index contributed by atoms with van der Waals surface area (Å²) in [4.78, 5) is 37.6. The minimum absolute atomic E-state index is 0.0751. The van der Waals surface area contributed by atoms with Crippen molar-refractivity contribution in [3.05, 3.63) is 59.7 Å². The predicted molar refractivity (Wildman–Crippen MR) is 128 cm³/mol. The fourth-order valence-corrected chi connectivity index (χ4v) is 5.21. The van der Waals surface area contributed by atoms with Crippen molar-refractivity contribution in [1.29, 1.82) is 0 Å². The number of carboxylic acids is 1. The molecule has 4 rings (SSSR count). The third-order valence-electron chi connectivity index (χ3n) is 6.89. The summed E-state index contributed by atoms with van der Waals surface area (Å²) in [6, 6.07) is 15.2. The Bertz CT molecular complexity index is 1030. The molecule has 0 spiro atoms. The molecular formula is C27H32N2O5. The number of carboxylic acid groups (broad SMARTS) is 1. The van der Waals surface area contributed by atoms with Gasteiger partial charge in [-0.2, -0.15) is 0 Å². The molecular weight excluding hydrogens is 432 g/mol. The van der Waals surface area contributed by atoms with E-state index < -0.39 is 29.6 Å². The normalized spacial score (nSPS) is 17.0. The van der Waals surface area contributed by atoms with Crippen molar-refractivity contribution < 1.29 is 24.2 Å². The van der Waals surface area contributed by atoms with Crippen molar-refractivity contribution >= 4 is 18.0 Å². The van der Waals surface area contributed by atoms with Gasteiger partial charge in [-0.1, -0.05) is 75.2 Å². The van der Waals surface area contributed by atoms with Crippen LogP contribution in [0.1, 0.15) is 63.0 Å². The number of carbonyl (C=O) groups is 3. The van der Waals surface area contributed by atoms with Gasteiger partial charge in [0.2, 0.25) is 5.91 Å². The van der Waals surface area contributed by atoms with E-state index in [1.54, 1.807) is 0 Å². The first-order valence-corrected chi connectivity index (χ1v) is 12.0. The lowest BCUT2D eigenvalue weighted by Gasteiger charge is -2.30. The van der Waals surface area contributed by atoms with E-state index in [0.29, 0.717) is 19.3 Å². The lowest BCUT2D eigenvalue weighted by molar-refractivity contribution is -0.143. The minimum atomic E-state index is -1.15. The van der Waals surface area contributed by atoms with E-state index in [1.807, 2.05) is 50.2 Å². The van der Waals surface area contributed by atoms with Crippen LogP contribution in [0.15, 0.2) is 48.5 Å². The molecule has 0 aliphatic heterocycles. The summed E-state index contributed by atoms with van der Waals surface area (Å²) in [5, 5.41) is 15.0. The molecule has 3 N–H and O–H groups in total. The topological polar surface area (TPSA) is 105 Å². The zero-order valence-corrected chi connectivity index (χ0v) is 19.7. The molecule has 7 nitrogen and oxygen atoms in total. The Labute approximate surface area is 199 Å². The molecule has 2 aromatic carbocycles. The van der Waals surface area contributed by atoms with Gasteiger partial charge < -0.3 is 20.5 Å². The average Bonchev–Trinajstić information content (AvgIpc) is 3.40. The summed E-state index contributed by atoms with van der Waals surface area (Å²) in [5.41, 5.74) is 3.37. The highest BCUT2D eigenvalue weighted by atomic mass is 16.5. The maximum atomic E-state index is 13.1. The quantitative estimate of drug-likeness (QED) is 0.535. The monoisotopic (exact) mass is 464 g/mol. The van der Waals surface area contributed by atoms with Gasteiger partial charge in [-0.3, -0.25) is 4.79 Å². The van der Waals surface area contributed by atoms with Gasteiger partial charge in [-0.05, 0) is 47.4 Å². The number of fused-ring (bicyclic) bond motifs is 3. The number of nitrogens with one attached hydrogen (secondary N) is 2. The summed E-state index contributed by atoms with van der Waals surface area (Å²) in [5.74, 6) is -1.49. The second-order valence-electron chi connectivity index (χ2n) is 9.73. The van der Waals surface area contributed by atoms with E-state index >= 15 is 0 Å². The smallest absolute Gasteiger partial charge is 0.408 e. The zero-order chi connectivity index (χ0) is 24.3. The van der Waals surface area contributed by atoms with Crippen LogP contribution in [-0.2, 0) is 14.3 Å². The van der Waals surface area contributed by atoms with E-state index in [2.05, 4.69) is 22.8 Å². The van der Waals surface area contributed by atoms with Crippen molar-refractivity contribution in [2.45, 2.75) is 63.5 Å². The van der Waals surface area contributed by atoms with Crippen LogP contribution >= 0.6 is 0 Å². The van der Waals surface area contributed by atoms with E-state index in [1.165, 1.54) is 0 Å². The molecule has 34 heavy (non-hydrogen) atoms. The van der Waals surface area contributed by atoms with Crippen LogP contribution in [0.5, 0.6) is 0 Å². The minimum Gasteiger partial charge on any atom is -0.480 e. The van der Waals surface area contributed by atoms with Gasteiger partial charge in [0.05, 0.1) is 0 Å². The van der Waals surface area contributed by atoms with Crippen LogP contribution in [0.3, 0.4) is 0 Å². The van der Waals surface area contributed by atoms with Gasteiger partial charge in [0.25, 0.3) is 0 Å². The standard InChI is InChI=1S/C27H32N2O5/c1-17(2)15-23(24(30)31)28-25(32)27(13-7-8-14-27)29-26(33)34-16-22-20-11-5-3-9-18(20)19-10-4-6-12-21(19)22/h3-6,9-12,17,22-23H,7-8,13-16H2,1-2H3,(H,28,32)(H,29,33)(H,30,31). The fourth-order valence-electron chi connectivity index (χ4n) is 5.21. The van der Waals surface area contributed by atoms with Crippen molar-refractivity contribution in [3.8, 4) is 11.1 Å². The molecule has 2 aliphatic carbocycles. The molecule has 1 fully saturated rings. The lowest BCUT2D eigenvalue weighted by atomic mass is 9.95. The summed E-state index contributed by atoms with van der Waals surface area (Å²) >= 11 is 0. The number of hydrogen-bond acceptors (Lipinski definition) is 4. The SMILES string of the molecule is CC(C)CC(NC(=O)C1(NC(=O)OCC2c3ccccc3-c3ccccc32)CCCC1)C(=O)O. The first-order chi connectivity index (χ1) is 16.3. The molecule has 1 unspecified atom stereocenters. The fraction of sp³-hybridized carbons (Fsp3) is 0.444. The molecule has 7 heteroatoms.